The third-order valence-electron chi connectivity index (χ3n) is 3.59. The highest BCUT2D eigenvalue weighted by molar-refractivity contribution is 5.38. The van der Waals surface area contributed by atoms with Gasteiger partial charge in [-0.25, -0.2) is 0 Å². The fourth-order valence-electron chi connectivity index (χ4n) is 2.63. The van der Waals surface area contributed by atoms with Gasteiger partial charge in [0, 0.05) is 19.4 Å². The summed E-state index contributed by atoms with van der Waals surface area (Å²) >= 11 is 0. The summed E-state index contributed by atoms with van der Waals surface area (Å²) < 4.78 is 43.1. The van der Waals surface area contributed by atoms with Crippen molar-refractivity contribution in [1.29, 1.82) is 0 Å². The van der Waals surface area contributed by atoms with Gasteiger partial charge in [-0.3, -0.25) is 0 Å². The van der Waals surface area contributed by atoms with Crippen molar-refractivity contribution >= 4 is 0 Å². The maximum Gasteiger partial charge on any atom is 0.416 e. The molecule has 0 saturated heterocycles. The number of aliphatic hydroxyl groups is 1. The van der Waals surface area contributed by atoms with E-state index in [1.54, 1.807) is 6.92 Å². The van der Waals surface area contributed by atoms with E-state index >= 15 is 0 Å². The molecule has 0 spiro atoms. The summed E-state index contributed by atoms with van der Waals surface area (Å²) in [6, 6.07) is 3.48. The molecule has 1 aromatic rings. The van der Waals surface area contributed by atoms with Gasteiger partial charge in [-0.05, 0) is 37.1 Å². The third-order valence-corrected chi connectivity index (χ3v) is 3.59. The van der Waals surface area contributed by atoms with E-state index in [1.807, 2.05) is 6.92 Å². The number of benzene rings is 1. The van der Waals surface area contributed by atoms with Crippen LogP contribution in [0.25, 0.3) is 0 Å². The van der Waals surface area contributed by atoms with E-state index in [1.165, 1.54) is 6.07 Å². The van der Waals surface area contributed by atoms with Crippen LogP contribution in [0.4, 0.5) is 13.2 Å². The minimum Gasteiger partial charge on any atom is -0.385 e. The first-order valence-electron chi connectivity index (χ1n) is 6.28. The lowest BCUT2D eigenvalue weighted by atomic mass is 9.71. The van der Waals surface area contributed by atoms with Crippen LogP contribution in [0.5, 0.6) is 0 Å². The van der Waals surface area contributed by atoms with Gasteiger partial charge in [-0.1, -0.05) is 6.07 Å². The minimum absolute atomic E-state index is 0.00306. The number of rotatable bonds is 3. The topological polar surface area (TPSA) is 29.5 Å². The van der Waals surface area contributed by atoms with Crippen LogP contribution < -0.4 is 0 Å². The monoisotopic (exact) mass is 274 g/mol. The molecule has 0 unspecified atom stereocenters. The molecule has 1 aromatic carbocycles. The van der Waals surface area contributed by atoms with Gasteiger partial charge in [0.1, 0.15) is 0 Å². The normalized spacial score (nSPS) is 27.2. The summed E-state index contributed by atoms with van der Waals surface area (Å²) in [7, 11) is 0. The predicted octanol–water partition coefficient (Wildman–Crippen LogP) is 3.40. The first kappa shape index (κ1) is 14.3. The van der Waals surface area contributed by atoms with Crippen LogP contribution in [-0.2, 0) is 16.5 Å². The van der Waals surface area contributed by atoms with Crippen molar-refractivity contribution in [3.8, 4) is 0 Å². The molecule has 0 amide bonds. The van der Waals surface area contributed by atoms with Gasteiger partial charge < -0.3 is 9.84 Å². The predicted molar refractivity (Wildman–Crippen MR) is 64.7 cm³/mol. The van der Waals surface area contributed by atoms with E-state index in [4.69, 9.17) is 4.74 Å². The molecule has 2 nitrogen and oxygen atoms in total. The number of hydrogen-bond donors (Lipinski definition) is 1. The second kappa shape index (κ2) is 4.80. The number of halogens is 3. The highest BCUT2D eigenvalue weighted by Crippen LogP contribution is 2.45. The quantitative estimate of drug-likeness (QED) is 0.915. The zero-order valence-electron chi connectivity index (χ0n) is 10.9. The van der Waals surface area contributed by atoms with Crippen molar-refractivity contribution in [3.63, 3.8) is 0 Å². The zero-order valence-corrected chi connectivity index (χ0v) is 10.9. The molecule has 1 N–H and O–H groups in total. The summed E-state index contributed by atoms with van der Waals surface area (Å²) in [4.78, 5) is 0. The van der Waals surface area contributed by atoms with Crippen LogP contribution in [0.3, 0.4) is 0 Å². The molecule has 0 radical (unpaired) electrons. The summed E-state index contributed by atoms with van der Waals surface area (Å²) in [5.41, 5.74) is -0.699. The first-order valence-corrected chi connectivity index (χ1v) is 6.28. The standard InChI is InChI=1S/C14H17F3O2/c1-3-19-11-7-13(18,8-11)12-5-4-10(6-9(12)2)14(15,16)17/h4-6,11,18H,3,7-8H2,1-2H3. The van der Waals surface area contributed by atoms with Crippen LogP contribution in [-0.4, -0.2) is 17.8 Å². The number of alkyl halides is 3. The molecule has 1 fully saturated rings. The molecule has 0 heterocycles. The average Bonchev–Trinajstić information content (AvgIpc) is 2.25. The van der Waals surface area contributed by atoms with E-state index in [0.29, 0.717) is 30.6 Å². The van der Waals surface area contributed by atoms with Crippen LogP contribution in [0, 0.1) is 6.92 Å². The Kier molecular flexibility index (Phi) is 3.62. The maximum absolute atomic E-state index is 12.6. The Bertz CT molecular complexity index is 462. The van der Waals surface area contributed by atoms with Gasteiger partial charge in [-0.15, -0.1) is 0 Å². The van der Waals surface area contributed by atoms with Crippen LogP contribution >= 0.6 is 0 Å². The van der Waals surface area contributed by atoms with E-state index in [2.05, 4.69) is 0 Å². The molecule has 0 aliphatic heterocycles. The summed E-state index contributed by atoms with van der Waals surface area (Å²) in [6.07, 6.45) is -3.48. The zero-order chi connectivity index (χ0) is 14.3. The minimum atomic E-state index is -4.35. The lowest BCUT2D eigenvalue weighted by Gasteiger charge is -2.44. The van der Waals surface area contributed by atoms with Crippen molar-refractivity contribution in [2.24, 2.45) is 0 Å². The fraction of sp³-hybridized carbons (Fsp3) is 0.571. The second-order valence-electron chi connectivity index (χ2n) is 5.04. The molecule has 106 valence electrons. The van der Waals surface area contributed by atoms with Gasteiger partial charge in [0.05, 0.1) is 17.3 Å². The van der Waals surface area contributed by atoms with Crippen LogP contribution in [0.2, 0.25) is 0 Å². The second-order valence-corrected chi connectivity index (χ2v) is 5.04. The van der Waals surface area contributed by atoms with Crippen molar-refractivity contribution in [3.05, 3.63) is 34.9 Å². The molecular formula is C14H17F3O2. The third kappa shape index (κ3) is 2.77. The highest BCUT2D eigenvalue weighted by Gasteiger charge is 2.45. The molecule has 0 atom stereocenters. The first-order chi connectivity index (χ1) is 8.76. The summed E-state index contributed by atoms with van der Waals surface area (Å²) in [5, 5.41) is 10.4. The molecule has 2 rings (SSSR count). The van der Waals surface area contributed by atoms with Crippen molar-refractivity contribution in [2.45, 2.75) is 44.6 Å². The lowest BCUT2D eigenvalue weighted by Crippen LogP contribution is -2.46. The van der Waals surface area contributed by atoms with Crippen LogP contribution in [0.15, 0.2) is 18.2 Å². The molecule has 1 saturated carbocycles. The summed E-state index contributed by atoms with van der Waals surface area (Å²) in [6.45, 7) is 4.05. The number of hydrogen-bond acceptors (Lipinski definition) is 2. The van der Waals surface area contributed by atoms with Gasteiger partial charge >= 0.3 is 6.18 Å². The average molecular weight is 274 g/mol. The van der Waals surface area contributed by atoms with Gasteiger partial charge in [0.2, 0.25) is 0 Å². The van der Waals surface area contributed by atoms with E-state index in [9.17, 15) is 18.3 Å². The Morgan fingerprint density at radius 2 is 2.00 bits per heavy atom. The largest absolute Gasteiger partial charge is 0.416 e. The molecule has 0 aromatic heterocycles. The van der Waals surface area contributed by atoms with Gasteiger partial charge in [0.25, 0.3) is 0 Å². The van der Waals surface area contributed by atoms with Crippen LogP contribution in [0.1, 0.15) is 36.5 Å². The Balaban J connectivity index is 2.19. The van der Waals surface area contributed by atoms with Crippen molar-refractivity contribution in [2.75, 3.05) is 6.61 Å². The highest BCUT2D eigenvalue weighted by atomic mass is 19.4. The molecule has 0 bridgehead atoms. The van der Waals surface area contributed by atoms with Gasteiger partial charge in [-0.2, -0.15) is 13.2 Å². The maximum atomic E-state index is 12.6. The Morgan fingerprint density at radius 3 is 2.47 bits per heavy atom. The van der Waals surface area contributed by atoms with E-state index in [0.717, 1.165) is 12.1 Å². The van der Waals surface area contributed by atoms with Crippen molar-refractivity contribution in [1.82, 2.24) is 0 Å². The molecule has 1 aliphatic carbocycles. The summed E-state index contributed by atoms with van der Waals surface area (Å²) in [5.74, 6) is 0. The van der Waals surface area contributed by atoms with Crippen molar-refractivity contribution < 1.29 is 23.0 Å². The lowest BCUT2D eigenvalue weighted by molar-refractivity contribution is -0.144. The van der Waals surface area contributed by atoms with E-state index in [-0.39, 0.29) is 6.10 Å². The molecule has 19 heavy (non-hydrogen) atoms. The SMILES string of the molecule is CCOC1CC(O)(c2ccc(C(F)(F)F)cc2C)C1. The van der Waals surface area contributed by atoms with E-state index < -0.39 is 17.3 Å². The Morgan fingerprint density at radius 1 is 1.37 bits per heavy atom. The number of ether oxygens (including phenoxy) is 1. The molecule has 5 heteroatoms. The fourth-order valence-corrected chi connectivity index (χ4v) is 2.63. The molecular weight excluding hydrogens is 257 g/mol. The Labute approximate surface area is 110 Å². The molecule has 1 aliphatic rings. The Hall–Kier alpha value is -1.07. The smallest absolute Gasteiger partial charge is 0.385 e. The number of aryl methyl sites for hydroxylation is 1. The van der Waals surface area contributed by atoms with Gasteiger partial charge in [0.15, 0.2) is 0 Å².